The van der Waals surface area contributed by atoms with Crippen LogP contribution in [0.3, 0.4) is 0 Å². The lowest BCUT2D eigenvalue weighted by Crippen LogP contribution is -2.15. The molecule has 3 N–H and O–H groups in total. The number of anilines is 1. The molecule has 7 nitrogen and oxygen atoms in total. The molecule has 0 radical (unpaired) electrons. The van der Waals surface area contributed by atoms with Crippen LogP contribution in [0, 0.1) is 5.41 Å². The van der Waals surface area contributed by atoms with Gasteiger partial charge in [0.2, 0.25) is 0 Å². The van der Waals surface area contributed by atoms with Crippen LogP contribution in [-0.4, -0.2) is 30.1 Å². The fraction of sp³-hybridized carbons (Fsp3) is 0.143. The molecule has 0 fully saturated rings. The maximum absolute atomic E-state index is 4.91. The number of H-pyrrole nitrogens is 2. The molecule has 0 spiro atoms. The average molecular weight is 492 g/mol. The molecule has 6 rings (SSSR count). The minimum atomic E-state index is -0.0496. The first-order valence-electron chi connectivity index (χ1n) is 11.6. The van der Waals surface area contributed by atoms with Gasteiger partial charge in [0, 0.05) is 45.4 Å². The van der Waals surface area contributed by atoms with Crippen molar-refractivity contribution >= 4 is 39.0 Å². The summed E-state index contributed by atoms with van der Waals surface area (Å²) < 4.78 is 0. The minimum Gasteiger partial charge on any atom is -0.358 e. The third-order valence-corrected chi connectivity index (χ3v) is 6.94. The zero-order chi connectivity index (χ0) is 24.9. The lowest BCUT2D eigenvalue weighted by atomic mass is 9.93. The third-order valence-electron chi connectivity index (χ3n) is 6.25. The highest BCUT2D eigenvalue weighted by molar-refractivity contribution is 7.08. The summed E-state index contributed by atoms with van der Waals surface area (Å²) in [5.41, 5.74) is 9.24. The van der Waals surface area contributed by atoms with Crippen molar-refractivity contribution in [2.45, 2.75) is 20.8 Å². The Hall–Kier alpha value is -4.30. The van der Waals surface area contributed by atoms with Gasteiger partial charge in [0.25, 0.3) is 0 Å². The Kier molecular flexibility index (Phi) is 5.19. The molecular formula is C28H25N7S. The normalized spacial score (nSPS) is 11.9. The van der Waals surface area contributed by atoms with Crippen LogP contribution in [0.5, 0.6) is 0 Å². The van der Waals surface area contributed by atoms with Crippen molar-refractivity contribution in [3.05, 3.63) is 78.0 Å². The van der Waals surface area contributed by atoms with E-state index in [4.69, 9.17) is 4.98 Å². The lowest BCUT2D eigenvalue weighted by molar-refractivity contribution is 0.509. The largest absolute Gasteiger partial charge is 0.358 e. The summed E-state index contributed by atoms with van der Waals surface area (Å²) in [4.78, 5) is 17.4. The number of hydrogen-bond donors (Lipinski definition) is 3. The highest BCUT2D eigenvalue weighted by Crippen LogP contribution is 2.33. The Morgan fingerprint density at radius 1 is 0.972 bits per heavy atom. The Morgan fingerprint density at radius 2 is 1.86 bits per heavy atom. The molecule has 0 bridgehead atoms. The van der Waals surface area contributed by atoms with Crippen LogP contribution in [0.4, 0.5) is 5.69 Å². The number of thiophene rings is 1. The van der Waals surface area contributed by atoms with Crippen LogP contribution in [0.1, 0.15) is 20.8 Å². The first kappa shape index (κ1) is 22.2. The van der Waals surface area contributed by atoms with Crippen molar-refractivity contribution in [1.82, 2.24) is 30.1 Å². The van der Waals surface area contributed by atoms with Crippen LogP contribution in [0.2, 0.25) is 0 Å². The first-order chi connectivity index (χ1) is 17.4. The quantitative estimate of drug-likeness (QED) is 0.236. The van der Waals surface area contributed by atoms with Gasteiger partial charge in [-0.15, -0.1) is 0 Å². The van der Waals surface area contributed by atoms with E-state index < -0.39 is 0 Å². The zero-order valence-electron chi connectivity index (χ0n) is 20.3. The predicted octanol–water partition coefficient (Wildman–Crippen LogP) is 7.26. The second-order valence-corrected chi connectivity index (χ2v) is 10.6. The summed E-state index contributed by atoms with van der Waals surface area (Å²) in [6, 6.07) is 12.3. The fourth-order valence-electron chi connectivity index (χ4n) is 4.06. The van der Waals surface area contributed by atoms with Gasteiger partial charge in [0.05, 0.1) is 28.6 Å². The van der Waals surface area contributed by atoms with E-state index in [0.29, 0.717) is 5.82 Å². The molecule has 5 aromatic heterocycles. The Bertz CT molecular complexity index is 1720. The molecule has 178 valence electrons. The number of fused-ring (bicyclic) bond motifs is 2. The zero-order valence-corrected chi connectivity index (χ0v) is 21.1. The van der Waals surface area contributed by atoms with Gasteiger partial charge in [-0.3, -0.25) is 15.1 Å². The molecule has 0 aliphatic carbocycles. The molecule has 36 heavy (non-hydrogen) atoms. The number of benzene rings is 1. The SMILES string of the molecule is C=C(Nc1cncc(-c2ccc3[nH]nc(-c4nc5c(-c6ccsc6)nccc5[nH]4)c3c2)c1)C(C)(C)C. The van der Waals surface area contributed by atoms with Gasteiger partial charge >= 0.3 is 0 Å². The third kappa shape index (κ3) is 3.95. The molecule has 0 amide bonds. The number of allylic oxidation sites excluding steroid dienone is 1. The predicted molar refractivity (Wildman–Crippen MR) is 148 cm³/mol. The second-order valence-electron chi connectivity index (χ2n) is 9.80. The second kappa shape index (κ2) is 8.42. The summed E-state index contributed by atoms with van der Waals surface area (Å²) in [5.74, 6) is 0.702. The fourth-order valence-corrected chi connectivity index (χ4v) is 4.70. The van der Waals surface area contributed by atoms with E-state index in [1.807, 2.05) is 29.9 Å². The summed E-state index contributed by atoms with van der Waals surface area (Å²) in [5, 5.41) is 16.2. The topological polar surface area (TPSA) is 95.2 Å². The molecule has 6 aromatic rings. The maximum atomic E-state index is 4.91. The monoisotopic (exact) mass is 491 g/mol. The summed E-state index contributed by atoms with van der Waals surface area (Å²) in [7, 11) is 0. The number of nitrogens with one attached hydrogen (secondary N) is 3. The van der Waals surface area contributed by atoms with Gasteiger partial charge < -0.3 is 10.3 Å². The van der Waals surface area contributed by atoms with E-state index in [-0.39, 0.29) is 5.41 Å². The van der Waals surface area contributed by atoms with Crippen molar-refractivity contribution in [2.24, 2.45) is 5.41 Å². The van der Waals surface area contributed by atoms with Gasteiger partial charge in [0.15, 0.2) is 5.82 Å². The van der Waals surface area contributed by atoms with Crippen molar-refractivity contribution < 1.29 is 0 Å². The van der Waals surface area contributed by atoms with Gasteiger partial charge in [-0.2, -0.15) is 16.4 Å². The number of aromatic nitrogens is 6. The minimum absolute atomic E-state index is 0.0496. The van der Waals surface area contributed by atoms with Crippen molar-refractivity contribution in [3.63, 3.8) is 0 Å². The molecular weight excluding hydrogens is 466 g/mol. The molecule has 0 unspecified atom stereocenters. The van der Waals surface area contributed by atoms with Gasteiger partial charge in [0.1, 0.15) is 11.2 Å². The summed E-state index contributed by atoms with van der Waals surface area (Å²) in [6.45, 7) is 10.6. The van der Waals surface area contributed by atoms with Crippen LogP contribution in [0.25, 0.3) is 55.8 Å². The molecule has 8 heteroatoms. The molecule has 0 saturated heterocycles. The highest BCUT2D eigenvalue weighted by Gasteiger charge is 2.17. The van der Waals surface area contributed by atoms with E-state index in [1.54, 1.807) is 17.5 Å². The smallest absolute Gasteiger partial charge is 0.159 e. The van der Waals surface area contributed by atoms with Crippen molar-refractivity contribution in [2.75, 3.05) is 5.32 Å². The molecule has 0 saturated carbocycles. The van der Waals surface area contributed by atoms with E-state index in [9.17, 15) is 0 Å². The van der Waals surface area contributed by atoms with Crippen LogP contribution >= 0.6 is 11.3 Å². The number of hydrogen-bond acceptors (Lipinski definition) is 6. The number of imidazole rings is 1. The first-order valence-corrected chi connectivity index (χ1v) is 12.6. The van der Waals surface area contributed by atoms with Gasteiger partial charge in [-0.25, -0.2) is 4.98 Å². The average Bonchev–Trinajstić information content (AvgIpc) is 3.62. The van der Waals surface area contributed by atoms with E-state index in [0.717, 1.165) is 61.4 Å². The van der Waals surface area contributed by atoms with Crippen molar-refractivity contribution in [3.8, 4) is 33.9 Å². The number of nitrogens with zero attached hydrogens (tertiary/aromatic N) is 4. The number of aromatic amines is 2. The molecule has 0 aliphatic rings. The molecule has 1 aromatic carbocycles. The highest BCUT2D eigenvalue weighted by atomic mass is 32.1. The van der Waals surface area contributed by atoms with Gasteiger partial charge in [-0.1, -0.05) is 33.4 Å². The number of rotatable bonds is 5. The Balaban J connectivity index is 1.40. The number of pyridine rings is 2. The summed E-state index contributed by atoms with van der Waals surface area (Å²) in [6.07, 6.45) is 5.49. The Labute approximate surface area is 212 Å². The van der Waals surface area contributed by atoms with Gasteiger partial charge in [-0.05, 0) is 41.3 Å². The molecule has 0 atom stereocenters. The van der Waals surface area contributed by atoms with E-state index >= 15 is 0 Å². The van der Waals surface area contributed by atoms with Crippen LogP contribution in [-0.2, 0) is 0 Å². The standard InChI is InChI=1S/C28H25N7S/c1-16(28(2,3)4)31-20-11-19(13-29-14-20)17-5-6-22-21(12-17)25(35-34-22)27-32-23-7-9-30-24(26(23)33-27)18-8-10-36-15-18/h5-15,31H,1H2,2-4H3,(H,32,33)(H,34,35). The lowest BCUT2D eigenvalue weighted by Gasteiger charge is -2.23. The van der Waals surface area contributed by atoms with E-state index in [1.165, 1.54) is 0 Å². The van der Waals surface area contributed by atoms with Crippen LogP contribution < -0.4 is 5.32 Å². The Morgan fingerprint density at radius 3 is 2.67 bits per heavy atom. The van der Waals surface area contributed by atoms with E-state index in [2.05, 4.69) is 87.5 Å². The van der Waals surface area contributed by atoms with Crippen LogP contribution in [0.15, 0.2) is 78.0 Å². The molecule has 0 aliphatic heterocycles. The van der Waals surface area contributed by atoms with Crippen molar-refractivity contribution in [1.29, 1.82) is 0 Å². The summed E-state index contributed by atoms with van der Waals surface area (Å²) >= 11 is 1.64. The maximum Gasteiger partial charge on any atom is 0.159 e. The molecule has 5 heterocycles.